The SMILES string of the molecule is c1cc(-c2ccc3cc4ccccc4nc3n2)nc(-c2nnc(-c3cccc(-c4ccc5cc6ccccc6nc5n4)n3)c3ccccc23)c1. The van der Waals surface area contributed by atoms with Gasteiger partial charge in [0.25, 0.3) is 0 Å². The van der Waals surface area contributed by atoms with Gasteiger partial charge in [-0.15, -0.1) is 10.2 Å². The monoisotopic (exact) mass is 640 g/mol. The standard InChI is InChI=1S/C42H24N8/c1-5-13-31-25(9-1)23-27-19-21-35(47-41(27)45-31)33-15-7-17-37(43-33)39-29-11-3-4-12-30(29)40(50-49-39)38-18-8-16-34(44-38)36-22-20-28-24-26-10-2-6-14-32(26)46-42(28)48-36/h1-24H. The molecule has 0 spiro atoms. The van der Waals surface area contributed by atoms with Crippen molar-refractivity contribution < 1.29 is 0 Å². The van der Waals surface area contributed by atoms with Crippen molar-refractivity contribution in [1.29, 1.82) is 0 Å². The number of hydrogen-bond donors (Lipinski definition) is 0. The molecule has 8 heteroatoms. The first-order chi connectivity index (χ1) is 24.7. The molecule has 10 rings (SSSR count). The molecule has 0 fully saturated rings. The van der Waals surface area contributed by atoms with Crippen LogP contribution in [0.2, 0.25) is 0 Å². The van der Waals surface area contributed by atoms with Gasteiger partial charge in [-0.05, 0) is 72.8 Å². The second-order valence-electron chi connectivity index (χ2n) is 12.1. The van der Waals surface area contributed by atoms with E-state index in [9.17, 15) is 0 Å². The Morgan fingerprint density at radius 1 is 0.280 bits per heavy atom. The van der Waals surface area contributed by atoms with Crippen LogP contribution >= 0.6 is 0 Å². The third-order valence-electron chi connectivity index (χ3n) is 8.95. The summed E-state index contributed by atoms with van der Waals surface area (Å²) in [5.74, 6) is 0. The van der Waals surface area contributed by atoms with Crippen molar-refractivity contribution in [2.24, 2.45) is 0 Å². The predicted octanol–water partition coefficient (Wildman–Crippen LogP) is 9.28. The fourth-order valence-corrected chi connectivity index (χ4v) is 6.49. The summed E-state index contributed by atoms with van der Waals surface area (Å²) in [6, 6.07) is 48.3. The van der Waals surface area contributed by atoms with Crippen molar-refractivity contribution in [1.82, 2.24) is 40.1 Å². The van der Waals surface area contributed by atoms with E-state index in [0.29, 0.717) is 34.1 Å². The lowest BCUT2D eigenvalue weighted by molar-refractivity contribution is 1.04. The van der Waals surface area contributed by atoms with Crippen LogP contribution in [0.3, 0.4) is 0 Å². The first kappa shape index (κ1) is 28.0. The third kappa shape index (κ3) is 4.78. The molecule has 10 aromatic rings. The van der Waals surface area contributed by atoms with E-state index in [0.717, 1.165) is 66.1 Å². The number of aromatic nitrogens is 8. The van der Waals surface area contributed by atoms with Crippen molar-refractivity contribution in [3.05, 3.63) is 146 Å². The number of rotatable bonds is 4. The minimum Gasteiger partial charge on any atom is -0.244 e. The molecule has 0 amide bonds. The van der Waals surface area contributed by atoms with E-state index in [1.165, 1.54) is 0 Å². The van der Waals surface area contributed by atoms with E-state index in [1.54, 1.807) is 0 Å². The average Bonchev–Trinajstić information content (AvgIpc) is 3.18. The van der Waals surface area contributed by atoms with Crippen LogP contribution in [-0.4, -0.2) is 40.1 Å². The van der Waals surface area contributed by atoms with E-state index in [-0.39, 0.29) is 0 Å². The Bertz CT molecular complexity index is 2760. The highest BCUT2D eigenvalue weighted by Gasteiger charge is 2.16. The summed E-state index contributed by atoms with van der Waals surface area (Å²) in [7, 11) is 0. The number of benzene rings is 3. The Balaban J connectivity index is 1.03. The fourth-order valence-electron chi connectivity index (χ4n) is 6.49. The predicted molar refractivity (Wildman–Crippen MR) is 198 cm³/mol. The van der Waals surface area contributed by atoms with E-state index >= 15 is 0 Å². The molecule has 0 aliphatic carbocycles. The molecule has 0 unspecified atom stereocenters. The molecule has 0 bridgehead atoms. The molecule has 7 heterocycles. The van der Waals surface area contributed by atoms with Crippen molar-refractivity contribution in [2.75, 3.05) is 0 Å². The summed E-state index contributed by atoms with van der Waals surface area (Å²) in [5.41, 5.74) is 8.89. The van der Waals surface area contributed by atoms with Crippen LogP contribution in [0.15, 0.2) is 146 Å². The Morgan fingerprint density at radius 3 is 1.20 bits per heavy atom. The van der Waals surface area contributed by atoms with E-state index in [1.807, 2.05) is 121 Å². The highest BCUT2D eigenvalue weighted by molar-refractivity contribution is 6.01. The van der Waals surface area contributed by atoms with Crippen LogP contribution in [0.5, 0.6) is 0 Å². The van der Waals surface area contributed by atoms with Gasteiger partial charge in [0.15, 0.2) is 11.3 Å². The summed E-state index contributed by atoms with van der Waals surface area (Å²) in [5, 5.41) is 15.5. The molecule has 7 aromatic heterocycles. The first-order valence-electron chi connectivity index (χ1n) is 16.3. The molecular formula is C42H24N8. The zero-order chi connectivity index (χ0) is 33.0. The maximum absolute atomic E-state index is 5.01. The largest absolute Gasteiger partial charge is 0.244 e. The van der Waals surface area contributed by atoms with Gasteiger partial charge in [0.05, 0.1) is 45.2 Å². The second-order valence-corrected chi connectivity index (χ2v) is 12.1. The van der Waals surface area contributed by atoms with Gasteiger partial charge in [-0.2, -0.15) is 0 Å². The third-order valence-corrected chi connectivity index (χ3v) is 8.95. The van der Waals surface area contributed by atoms with Crippen LogP contribution in [0.4, 0.5) is 0 Å². The van der Waals surface area contributed by atoms with Gasteiger partial charge in [0, 0.05) is 32.3 Å². The lowest BCUT2D eigenvalue weighted by atomic mass is 10.0. The van der Waals surface area contributed by atoms with Crippen molar-refractivity contribution in [3.8, 4) is 45.6 Å². The molecule has 0 aliphatic heterocycles. The smallest absolute Gasteiger partial charge is 0.160 e. The molecule has 0 radical (unpaired) electrons. The summed E-state index contributed by atoms with van der Waals surface area (Å²) >= 11 is 0. The van der Waals surface area contributed by atoms with Gasteiger partial charge in [0.1, 0.15) is 11.4 Å². The molecule has 0 N–H and O–H groups in total. The molecule has 232 valence electrons. The minimum absolute atomic E-state index is 0.682. The number of hydrogen-bond acceptors (Lipinski definition) is 8. The number of nitrogens with zero attached hydrogens (tertiary/aromatic N) is 8. The molecule has 0 atom stereocenters. The zero-order valence-corrected chi connectivity index (χ0v) is 26.4. The molecule has 8 nitrogen and oxygen atoms in total. The minimum atomic E-state index is 0.682. The number of pyridine rings is 6. The van der Waals surface area contributed by atoms with Crippen molar-refractivity contribution >= 4 is 54.6 Å². The summed E-state index contributed by atoms with van der Waals surface area (Å²) in [4.78, 5) is 29.4. The average molecular weight is 641 g/mol. The fraction of sp³-hybridized carbons (Fsp3) is 0. The second kappa shape index (κ2) is 11.3. The summed E-state index contributed by atoms with van der Waals surface area (Å²) in [6.07, 6.45) is 0. The number of fused-ring (bicyclic) bond motifs is 5. The first-order valence-corrected chi connectivity index (χ1v) is 16.3. The van der Waals surface area contributed by atoms with Gasteiger partial charge < -0.3 is 0 Å². The summed E-state index contributed by atoms with van der Waals surface area (Å²) < 4.78 is 0. The molecular weight excluding hydrogens is 617 g/mol. The Kier molecular flexibility index (Phi) is 6.32. The topological polar surface area (TPSA) is 103 Å². The maximum Gasteiger partial charge on any atom is 0.160 e. The van der Waals surface area contributed by atoms with E-state index in [2.05, 4.69) is 24.3 Å². The molecule has 50 heavy (non-hydrogen) atoms. The van der Waals surface area contributed by atoms with Gasteiger partial charge >= 0.3 is 0 Å². The lowest BCUT2D eigenvalue weighted by Gasteiger charge is -2.11. The Morgan fingerprint density at radius 2 is 0.700 bits per heavy atom. The van der Waals surface area contributed by atoms with Gasteiger partial charge in [-0.3, -0.25) is 0 Å². The van der Waals surface area contributed by atoms with Crippen molar-refractivity contribution in [2.45, 2.75) is 0 Å². The number of para-hydroxylation sites is 2. The van der Waals surface area contributed by atoms with Gasteiger partial charge in [-0.1, -0.05) is 72.8 Å². The van der Waals surface area contributed by atoms with Gasteiger partial charge in [-0.25, -0.2) is 29.9 Å². The van der Waals surface area contributed by atoms with Crippen LogP contribution < -0.4 is 0 Å². The van der Waals surface area contributed by atoms with E-state index in [4.69, 9.17) is 40.1 Å². The molecule has 3 aromatic carbocycles. The van der Waals surface area contributed by atoms with Crippen LogP contribution in [0, 0.1) is 0 Å². The molecule has 0 saturated heterocycles. The van der Waals surface area contributed by atoms with Crippen LogP contribution in [0.1, 0.15) is 0 Å². The highest BCUT2D eigenvalue weighted by Crippen LogP contribution is 2.33. The highest BCUT2D eigenvalue weighted by atomic mass is 15.1. The molecule has 0 aliphatic rings. The van der Waals surface area contributed by atoms with Crippen LogP contribution in [0.25, 0.3) is 100 Å². The van der Waals surface area contributed by atoms with Crippen LogP contribution in [-0.2, 0) is 0 Å². The van der Waals surface area contributed by atoms with Gasteiger partial charge in [0.2, 0.25) is 0 Å². The summed E-state index contributed by atoms with van der Waals surface area (Å²) in [6.45, 7) is 0. The quantitative estimate of drug-likeness (QED) is 0.175. The zero-order valence-electron chi connectivity index (χ0n) is 26.4. The normalized spacial score (nSPS) is 11.6. The van der Waals surface area contributed by atoms with E-state index < -0.39 is 0 Å². The lowest BCUT2D eigenvalue weighted by Crippen LogP contribution is -1.99. The molecule has 0 saturated carbocycles. The Labute approximate surface area is 285 Å². The maximum atomic E-state index is 5.01. The Hall–Kier alpha value is -7.06. The van der Waals surface area contributed by atoms with Crippen molar-refractivity contribution in [3.63, 3.8) is 0 Å².